The topological polar surface area (TPSA) is 26.0 Å². The van der Waals surface area contributed by atoms with Crippen molar-refractivity contribution in [2.45, 2.75) is 13.3 Å². The number of aryl methyl sites for hydroxylation is 1. The van der Waals surface area contributed by atoms with Crippen LogP contribution in [0, 0.1) is 0 Å². The molecule has 9 heavy (non-hydrogen) atoms. The van der Waals surface area contributed by atoms with Gasteiger partial charge in [-0.05, 0) is 6.08 Å². The Kier molecular flexibility index (Phi) is 1.68. The summed E-state index contributed by atoms with van der Waals surface area (Å²) < 4.78 is 5.15. The van der Waals surface area contributed by atoms with Gasteiger partial charge < -0.3 is 4.42 Å². The Morgan fingerprint density at radius 1 is 1.89 bits per heavy atom. The van der Waals surface area contributed by atoms with Gasteiger partial charge in [-0.1, -0.05) is 13.5 Å². The van der Waals surface area contributed by atoms with Gasteiger partial charge in [-0.25, -0.2) is 4.98 Å². The molecule has 1 aromatic rings. The highest BCUT2D eigenvalue weighted by Crippen LogP contribution is 2.03. The van der Waals surface area contributed by atoms with Crippen LogP contribution in [0.25, 0.3) is 6.08 Å². The van der Waals surface area contributed by atoms with Gasteiger partial charge in [0, 0.05) is 6.42 Å². The van der Waals surface area contributed by atoms with Crippen molar-refractivity contribution < 1.29 is 4.42 Å². The molecule has 0 spiro atoms. The summed E-state index contributed by atoms with van der Waals surface area (Å²) in [7, 11) is 0. The lowest BCUT2D eigenvalue weighted by Crippen LogP contribution is -1.68. The molecule has 0 atom stereocenters. The summed E-state index contributed by atoms with van der Waals surface area (Å²) in [4.78, 5) is 3.92. The number of oxazole rings is 1. The molecule has 0 fully saturated rings. The van der Waals surface area contributed by atoms with Gasteiger partial charge >= 0.3 is 0 Å². The van der Waals surface area contributed by atoms with E-state index in [1.54, 1.807) is 12.3 Å². The fourth-order valence-corrected chi connectivity index (χ4v) is 0.580. The molecule has 0 aliphatic heterocycles. The monoisotopic (exact) mass is 123 g/mol. The molecule has 0 unspecified atom stereocenters. The first kappa shape index (κ1) is 6.08. The summed E-state index contributed by atoms with van der Waals surface area (Å²) in [6.07, 6.45) is 4.21. The molecule has 1 heterocycles. The highest BCUT2D eigenvalue weighted by atomic mass is 16.4. The van der Waals surface area contributed by atoms with Crippen molar-refractivity contribution in [1.29, 1.82) is 0 Å². The van der Waals surface area contributed by atoms with Crippen molar-refractivity contribution in [3.63, 3.8) is 0 Å². The van der Waals surface area contributed by atoms with Crippen molar-refractivity contribution in [2.75, 3.05) is 0 Å². The van der Waals surface area contributed by atoms with Crippen molar-refractivity contribution in [1.82, 2.24) is 4.98 Å². The van der Waals surface area contributed by atoms with Gasteiger partial charge in [0.05, 0.1) is 6.20 Å². The number of nitrogens with zero attached hydrogens (tertiary/aromatic N) is 1. The third kappa shape index (κ3) is 1.19. The minimum atomic E-state index is 0.604. The van der Waals surface area contributed by atoms with Crippen LogP contribution in [0.4, 0.5) is 0 Å². The lowest BCUT2D eigenvalue weighted by atomic mass is 10.4. The van der Waals surface area contributed by atoms with E-state index in [2.05, 4.69) is 11.6 Å². The largest absolute Gasteiger partial charge is 0.442 e. The van der Waals surface area contributed by atoms with Crippen molar-refractivity contribution in [3.05, 3.63) is 24.4 Å². The smallest absolute Gasteiger partial charge is 0.218 e. The Balaban J connectivity index is 2.86. The molecule has 0 aliphatic carbocycles. The van der Waals surface area contributed by atoms with E-state index in [0.717, 1.165) is 12.2 Å². The van der Waals surface area contributed by atoms with Crippen LogP contribution < -0.4 is 0 Å². The second-order valence-electron chi connectivity index (χ2n) is 1.72. The van der Waals surface area contributed by atoms with Crippen LogP contribution in [-0.2, 0) is 6.42 Å². The highest BCUT2D eigenvalue weighted by Gasteiger charge is 1.94. The van der Waals surface area contributed by atoms with Gasteiger partial charge in [-0.3, -0.25) is 0 Å². The summed E-state index contributed by atoms with van der Waals surface area (Å²) in [5.41, 5.74) is 0. The summed E-state index contributed by atoms with van der Waals surface area (Å²) in [6.45, 7) is 5.54. The first-order valence-electron chi connectivity index (χ1n) is 2.94. The van der Waals surface area contributed by atoms with Gasteiger partial charge in [0.25, 0.3) is 0 Å². The van der Waals surface area contributed by atoms with E-state index in [1.807, 2.05) is 6.92 Å². The molecule has 2 heteroatoms. The molecule has 0 amide bonds. The Bertz CT molecular complexity index is 202. The Morgan fingerprint density at radius 3 is 3.00 bits per heavy atom. The molecule has 0 aliphatic rings. The molecular formula is C7H9NO. The fraction of sp³-hybridized carbons (Fsp3) is 0.286. The van der Waals surface area contributed by atoms with E-state index in [-0.39, 0.29) is 0 Å². The molecule has 0 radical (unpaired) electrons. The van der Waals surface area contributed by atoms with Crippen LogP contribution in [0.1, 0.15) is 18.6 Å². The van der Waals surface area contributed by atoms with E-state index in [1.165, 1.54) is 0 Å². The maximum Gasteiger partial charge on any atom is 0.218 e. The number of rotatable bonds is 2. The van der Waals surface area contributed by atoms with Gasteiger partial charge in [-0.2, -0.15) is 0 Å². The summed E-state index contributed by atoms with van der Waals surface area (Å²) in [5.74, 6) is 1.51. The maximum atomic E-state index is 5.15. The average Bonchev–Trinajstić information content (AvgIpc) is 2.34. The molecule has 0 aromatic carbocycles. The van der Waals surface area contributed by atoms with Gasteiger partial charge in [-0.15, -0.1) is 0 Å². The molecule has 48 valence electrons. The Labute approximate surface area is 54.2 Å². The van der Waals surface area contributed by atoms with Crippen molar-refractivity contribution >= 4 is 6.08 Å². The summed E-state index contributed by atoms with van der Waals surface area (Å²) in [6, 6.07) is 0. The van der Waals surface area contributed by atoms with Crippen molar-refractivity contribution in [2.24, 2.45) is 0 Å². The lowest BCUT2D eigenvalue weighted by molar-refractivity contribution is 0.500. The molecule has 0 N–H and O–H groups in total. The third-order valence-corrected chi connectivity index (χ3v) is 1.09. The molecule has 1 aromatic heterocycles. The van der Waals surface area contributed by atoms with E-state index in [9.17, 15) is 0 Å². The zero-order chi connectivity index (χ0) is 6.69. The van der Waals surface area contributed by atoms with Crippen LogP contribution >= 0.6 is 0 Å². The van der Waals surface area contributed by atoms with E-state index < -0.39 is 0 Å². The van der Waals surface area contributed by atoms with E-state index in [0.29, 0.717) is 5.89 Å². The molecule has 0 saturated carbocycles. The van der Waals surface area contributed by atoms with Crippen LogP contribution in [0.15, 0.2) is 17.2 Å². The van der Waals surface area contributed by atoms with E-state index >= 15 is 0 Å². The Morgan fingerprint density at radius 2 is 2.67 bits per heavy atom. The second kappa shape index (κ2) is 2.49. The lowest BCUT2D eigenvalue weighted by Gasteiger charge is -1.81. The SMILES string of the molecule is C=Cc1ncc(CC)o1. The first-order chi connectivity index (χ1) is 4.36. The highest BCUT2D eigenvalue weighted by molar-refractivity contribution is 5.33. The zero-order valence-electron chi connectivity index (χ0n) is 5.42. The molecule has 1 rings (SSSR count). The van der Waals surface area contributed by atoms with Crippen LogP contribution in [-0.4, -0.2) is 4.98 Å². The van der Waals surface area contributed by atoms with E-state index in [4.69, 9.17) is 4.42 Å². The standard InChI is InChI=1S/C7H9NO/c1-3-6-5-8-7(4-2)9-6/h4-5H,2-3H2,1H3. The molecule has 0 bridgehead atoms. The van der Waals surface area contributed by atoms with Gasteiger partial charge in [0.2, 0.25) is 5.89 Å². The number of hydrogen-bond acceptors (Lipinski definition) is 2. The predicted octanol–water partition coefficient (Wildman–Crippen LogP) is 1.88. The average molecular weight is 123 g/mol. The normalized spacial score (nSPS) is 9.44. The van der Waals surface area contributed by atoms with Crippen LogP contribution in [0.2, 0.25) is 0 Å². The van der Waals surface area contributed by atoms with Crippen LogP contribution in [0.5, 0.6) is 0 Å². The fourth-order valence-electron chi connectivity index (χ4n) is 0.580. The quantitative estimate of drug-likeness (QED) is 0.600. The van der Waals surface area contributed by atoms with Gasteiger partial charge in [0.15, 0.2) is 0 Å². The predicted molar refractivity (Wildman–Crippen MR) is 36.0 cm³/mol. The zero-order valence-corrected chi connectivity index (χ0v) is 5.42. The number of hydrogen-bond donors (Lipinski definition) is 0. The summed E-state index contributed by atoms with van der Waals surface area (Å²) >= 11 is 0. The summed E-state index contributed by atoms with van der Waals surface area (Å²) in [5, 5.41) is 0. The first-order valence-corrected chi connectivity index (χ1v) is 2.94. The molecule has 0 saturated heterocycles. The maximum absolute atomic E-state index is 5.15. The molecular weight excluding hydrogens is 114 g/mol. The minimum absolute atomic E-state index is 0.604. The Hall–Kier alpha value is -1.05. The minimum Gasteiger partial charge on any atom is -0.442 e. The second-order valence-corrected chi connectivity index (χ2v) is 1.72. The van der Waals surface area contributed by atoms with Crippen LogP contribution in [0.3, 0.4) is 0 Å². The third-order valence-electron chi connectivity index (χ3n) is 1.09. The number of aromatic nitrogens is 1. The van der Waals surface area contributed by atoms with Gasteiger partial charge in [0.1, 0.15) is 5.76 Å². The van der Waals surface area contributed by atoms with Crippen molar-refractivity contribution in [3.8, 4) is 0 Å². The molecule has 2 nitrogen and oxygen atoms in total.